The Morgan fingerprint density at radius 1 is 1.12 bits per heavy atom. The van der Waals surface area contributed by atoms with Crippen LogP contribution in [0.4, 0.5) is 0 Å². The fourth-order valence-corrected chi connectivity index (χ4v) is 5.61. The Bertz CT molecular complexity index is 1030. The molecule has 0 radical (unpaired) electrons. The van der Waals surface area contributed by atoms with Gasteiger partial charge in [0, 0.05) is 55.2 Å². The van der Waals surface area contributed by atoms with E-state index in [4.69, 9.17) is 4.74 Å². The van der Waals surface area contributed by atoms with Crippen LogP contribution in [0.15, 0.2) is 61.1 Å². The van der Waals surface area contributed by atoms with E-state index in [2.05, 4.69) is 44.5 Å². The molecule has 1 unspecified atom stereocenters. The maximum Gasteiger partial charge on any atom is 0.252 e. The lowest BCUT2D eigenvalue weighted by Gasteiger charge is -2.39. The van der Waals surface area contributed by atoms with Gasteiger partial charge in [0.05, 0.1) is 17.3 Å². The van der Waals surface area contributed by atoms with Gasteiger partial charge < -0.3 is 10.1 Å². The first-order chi connectivity index (χ1) is 15.7. The van der Waals surface area contributed by atoms with Crippen molar-refractivity contribution in [3.63, 3.8) is 0 Å². The van der Waals surface area contributed by atoms with E-state index in [1.54, 1.807) is 35.9 Å². The van der Waals surface area contributed by atoms with Crippen LogP contribution >= 0.6 is 11.3 Å². The predicted octanol–water partition coefficient (Wildman–Crippen LogP) is 4.15. The molecule has 5 rings (SSSR count). The van der Waals surface area contributed by atoms with Gasteiger partial charge in [0.15, 0.2) is 0 Å². The number of thiazole rings is 1. The van der Waals surface area contributed by atoms with Gasteiger partial charge in [-0.2, -0.15) is 0 Å². The molecule has 1 atom stereocenters. The average Bonchev–Trinajstić information content (AvgIpc) is 3.48. The second kappa shape index (κ2) is 9.48. The standard InChI is InChI=1S/C25H28N4O2S/c30-23(20-7-4-12-26-15-20)27-16-21-8-9-25(31-21)10-13-29(14-11-25)18-22-17-28-24(32-22)19-5-2-1-3-6-19/h1-7,12,15,17,21H,8-11,13-14,16,18H2,(H,27,30). The first-order valence-electron chi connectivity index (χ1n) is 11.3. The van der Waals surface area contributed by atoms with E-state index >= 15 is 0 Å². The molecular weight excluding hydrogens is 420 g/mol. The van der Waals surface area contributed by atoms with Crippen molar-refractivity contribution < 1.29 is 9.53 Å². The minimum Gasteiger partial charge on any atom is -0.370 e. The van der Waals surface area contributed by atoms with Crippen molar-refractivity contribution in [1.29, 1.82) is 0 Å². The van der Waals surface area contributed by atoms with Crippen molar-refractivity contribution in [2.75, 3.05) is 19.6 Å². The summed E-state index contributed by atoms with van der Waals surface area (Å²) in [6.45, 7) is 3.58. The summed E-state index contributed by atoms with van der Waals surface area (Å²) >= 11 is 1.78. The van der Waals surface area contributed by atoms with E-state index < -0.39 is 0 Å². The molecule has 7 heteroatoms. The normalized spacial score (nSPS) is 20.4. The Hall–Kier alpha value is -2.61. The lowest BCUT2D eigenvalue weighted by Crippen LogP contribution is -2.44. The number of rotatable bonds is 6. The Kier molecular flexibility index (Phi) is 6.30. The molecule has 0 aliphatic carbocycles. The largest absolute Gasteiger partial charge is 0.370 e. The zero-order chi connectivity index (χ0) is 21.8. The third-order valence-corrected chi connectivity index (χ3v) is 7.50. The molecule has 166 valence electrons. The molecule has 6 nitrogen and oxygen atoms in total. The van der Waals surface area contributed by atoms with Crippen molar-refractivity contribution in [3.05, 3.63) is 71.5 Å². The number of piperidine rings is 1. The number of hydrogen-bond acceptors (Lipinski definition) is 6. The topological polar surface area (TPSA) is 67.4 Å². The number of aromatic nitrogens is 2. The summed E-state index contributed by atoms with van der Waals surface area (Å²) in [5, 5.41) is 4.09. The van der Waals surface area contributed by atoms with Gasteiger partial charge in [-0.15, -0.1) is 11.3 Å². The highest BCUT2D eigenvalue weighted by molar-refractivity contribution is 7.15. The maximum atomic E-state index is 12.3. The summed E-state index contributed by atoms with van der Waals surface area (Å²) in [6, 6.07) is 13.9. The van der Waals surface area contributed by atoms with Gasteiger partial charge in [-0.05, 0) is 37.8 Å². The molecule has 3 aromatic rings. The number of benzene rings is 1. The summed E-state index contributed by atoms with van der Waals surface area (Å²) in [5.41, 5.74) is 1.75. The molecule has 2 aliphatic rings. The van der Waals surface area contributed by atoms with Crippen molar-refractivity contribution in [1.82, 2.24) is 20.2 Å². The first-order valence-corrected chi connectivity index (χ1v) is 12.1. The molecule has 4 heterocycles. The van der Waals surface area contributed by atoms with Gasteiger partial charge >= 0.3 is 0 Å². The van der Waals surface area contributed by atoms with Gasteiger partial charge in [0.25, 0.3) is 5.91 Å². The van der Waals surface area contributed by atoms with Gasteiger partial charge in [0.1, 0.15) is 5.01 Å². The van der Waals surface area contributed by atoms with E-state index in [9.17, 15) is 4.79 Å². The van der Waals surface area contributed by atoms with Gasteiger partial charge in [-0.3, -0.25) is 14.7 Å². The lowest BCUT2D eigenvalue weighted by molar-refractivity contribution is -0.0763. The van der Waals surface area contributed by atoms with Crippen molar-refractivity contribution in [2.24, 2.45) is 0 Å². The van der Waals surface area contributed by atoms with Crippen LogP contribution in [-0.2, 0) is 11.3 Å². The van der Waals surface area contributed by atoms with Crippen LogP contribution in [0.5, 0.6) is 0 Å². The van der Waals surface area contributed by atoms with Crippen LogP contribution in [0.25, 0.3) is 10.6 Å². The molecule has 1 N–H and O–H groups in total. The zero-order valence-corrected chi connectivity index (χ0v) is 18.9. The number of carbonyl (C=O) groups is 1. The fraction of sp³-hybridized carbons (Fsp3) is 0.400. The molecule has 32 heavy (non-hydrogen) atoms. The number of ether oxygens (including phenoxy) is 1. The zero-order valence-electron chi connectivity index (χ0n) is 18.1. The van der Waals surface area contributed by atoms with Crippen LogP contribution in [0, 0.1) is 0 Å². The summed E-state index contributed by atoms with van der Waals surface area (Å²) < 4.78 is 6.47. The Morgan fingerprint density at radius 2 is 1.97 bits per heavy atom. The van der Waals surface area contributed by atoms with Crippen LogP contribution < -0.4 is 5.32 Å². The highest BCUT2D eigenvalue weighted by atomic mass is 32.1. The number of nitrogens with one attached hydrogen (secondary N) is 1. The van der Waals surface area contributed by atoms with Gasteiger partial charge in [-0.1, -0.05) is 30.3 Å². The summed E-state index contributed by atoms with van der Waals surface area (Å²) in [4.78, 5) is 24.7. The summed E-state index contributed by atoms with van der Waals surface area (Å²) in [7, 11) is 0. The molecule has 2 saturated heterocycles. The molecule has 2 aliphatic heterocycles. The lowest BCUT2D eigenvalue weighted by atomic mass is 9.88. The molecular formula is C25H28N4O2S. The Labute approximate surface area is 192 Å². The number of pyridine rings is 1. The highest BCUT2D eigenvalue weighted by Crippen LogP contribution is 2.39. The summed E-state index contributed by atoms with van der Waals surface area (Å²) in [6.07, 6.45) is 9.55. The van der Waals surface area contributed by atoms with E-state index in [-0.39, 0.29) is 17.6 Å². The summed E-state index contributed by atoms with van der Waals surface area (Å²) in [5.74, 6) is -0.0862. The molecule has 0 saturated carbocycles. The average molecular weight is 449 g/mol. The van der Waals surface area contributed by atoms with Gasteiger partial charge in [0.2, 0.25) is 0 Å². The van der Waals surface area contributed by atoms with Crippen LogP contribution in [-0.4, -0.2) is 52.1 Å². The van der Waals surface area contributed by atoms with Gasteiger partial charge in [-0.25, -0.2) is 4.98 Å². The van der Waals surface area contributed by atoms with E-state index in [1.165, 1.54) is 10.4 Å². The van der Waals surface area contributed by atoms with Crippen molar-refractivity contribution in [3.8, 4) is 10.6 Å². The molecule has 1 spiro atoms. The van der Waals surface area contributed by atoms with Crippen LogP contribution in [0.2, 0.25) is 0 Å². The molecule has 1 aromatic carbocycles. The number of carbonyl (C=O) groups excluding carboxylic acids is 1. The third kappa shape index (κ3) is 4.90. The van der Waals surface area contributed by atoms with Crippen molar-refractivity contribution in [2.45, 2.75) is 43.9 Å². The first kappa shape index (κ1) is 21.2. The highest BCUT2D eigenvalue weighted by Gasteiger charge is 2.42. The number of likely N-dealkylation sites (tertiary alicyclic amines) is 1. The quantitative estimate of drug-likeness (QED) is 0.614. The fourth-order valence-electron chi connectivity index (χ4n) is 4.65. The Balaban J connectivity index is 1.09. The molecule has 1 amide bonds. The number of amides is 1. The smallest absolute Gasteiger partial charge is 0.252 e. The van der Waals surface area contributed by atoms with E-state index in [1.807, 2.05) is 12.3 Å². The monoisotopic (exact) mass is 448 g/mol. The number of hydrogen-bond donors (Lipinski definition) is 1. The van der Waals surface area contributed by atoms with Crippen molar-refractivity contribution >= 4 is 17.2 Å². The second-order valence-electron chi connectivity index (χ2n) is 8.69. The van der Waals surface area contributed by atoms with Crippen LogP contribution in [0.1, 0.15) is 40.9 Å². The Morgan fingerprint density at radius 3 is 2.75 bits per heavy atom. The maximum absolute atomic E-state index is 12.3. The molecule has 0 bridgehead atoms. The van der Waals surface area contributed by atoms with E-state index in [0.717, 1.165) is 50.3 Å². The minimum absolute atomic E-state index is 0.0247. The molecule has 2 aromatic heterocycles. The second-order valence-corrected chi connectivity index (χ2v) is 9.80. The van der Waals surface area contributed by atoms with Crippen LogP contribution in [0.3, 0.4) is 0 Å². The predicted molar refractivity (Wildman–Crippen MR) is 125 cm³/mol. The SMILES string of the molecule is O=C(NCC1CCC2(CCN(Cc3cnc(-c4ccccc4)s3)CC2)O1)c1cccnc1. The number of nitrogens with zero attached hydrogens (tertiary/aromatic N) is 3. The van der Waals surface area contributed by atoms with E-state index in [0.29, 0.717) is 12.1 Å². The molecule has 2 fully saturated rings. The third-order valence-electron chi connectivity index (χ3n) is 6.47. The minimum atomic E-state index is -0.0862.